The van der Waals surface area contributed by atoms with Gasteiger partial charge in [-0.3, -0.25) is 4.98 Å². The summed E-state index contributed by atoms with van der Waals surface area (Å²) in [6, 6.07) is 14.7. The molecule has 5 nitrogen and oxygen atoms in total. The summed E-state index contributed by atoms with van der Waals surface area (Å²) in [5.41, 5.74) is 1.42. The summed E-state index contributed by atoms with van der Waals surface area (Å²) in [5, 5.41) is 1.49. The molecule has 4 rings (SSSR count). The molecule has 3 aromatic rings. The minimum absolute atomic E-state index is 0.0421. The number of halogens is 1. The summed E-state index contributed by atoms with van der Waals surface area (Å²) in [5.74, 6) is 0.741. The van der Waals surface area contributed by atoms with Gasteiger partial charge in [-0.1, -0.05) is 35.9 Å². The first-order chi connectivity index (χ1) is 13.5. The maximum Gasteiger partial charge on any atom is 0.243 e. The fourth-order valence-corrected chi connectivity index (χ4v) is 5.50. The van der Waals surface area contributed by atoms with Gasteiger partial charge in [0.05, 0.1) is 4.90 Å². The maximum absolute atomic E-state index is 13.0. The normalized spacial score (nSPS) is 16.4. The minimum Gasteiger partial charge on any atom is -0.488 e. The Kier molecular flexibility index (Phi) is 5.27. The Hall–Kier alpha value is -2.15. The molecule has 0 radical (unpaired) electrons. The van der Waals surface area contributed by atoms with Gasteiger partial charge in [-0.05, 0) is 49.6 Å². The van der Waals surface area contributed by atoms with E-state index in [1.54, 1.807) is 31.3 Å². The van der Waals surface area contributed by atoms with Crippen LogP contribution in [0.4, 0.5) is 0 Å². The van der Waals surface area contributed by atoms with Gasteiger partial charge in [-0.25, -0.2) is 8.42 Å². The highest BCUT2D eigenvalue weighted by molar-refractivity contribution is 7.89. The third kappa shape index (κ3) is 3.60. The molecule has 0 spiro atoms. The zero-order valence-corrected chi connectivity index (χ0v) is 17.1. The van der Waals surface area contributed by atoms with Gasteiger partial charge in [-0.15, -0.1) is 0 Å². The SMILES string of the molecule is Cc1c(Cl)cccc1S(=O)(=O)N1CCC(Oc2cccc3cccnc23)CC1. The highest BCUT2D eigenvalue weighted by Gasteiger charge is 2.31. The molecule has 0 saturated carbocycles. The lowest BCUT2D eigenvalue weighted by atomic mass is 10.1. The molecule has 0 N–H and O–H groups in total. The monoisotopic (exact) mass is 416 g/mol. The second kappa shape index (κ2) is 7.70. The van der Waals surface area contributed by atoms with Crippen LogP contribution in [-0.4, -0.2) is 36.9 Å². The quantitative estimate of drug-likeness (QED) is 0.631. The first kappa shape index (κ1) is 19.2. The average Bonchev–Trinajstić information content (AvgIpc) is 2.71. The van der Waals surface area contributed by atoms with Crippen LogP contribution in [0.1, 0.15) is 18.4 Å². The van der Waals surface area contributed by atoms with Crippen molar-refractivity contribution in [1.29, 1.82) is 0 Å². The standard InChI is InChI=1S/C21H21ClN2O3S/c1-15-18(22)7-3-9-20(15)28(25,26)24-13-10-17(11-14-24)27-19-8-2-5-16-6-4-12-23-21(16)19/h2-9,12,17H,10-11,13-14H2,1H3. The molecular formula is C21H21ClN2O3S. The summed E-state index contributed by atoms with van der Waals surface area (Å²) >= 11 is 6.11. The van der Waals surface area contributed by atoms with E-state index in [0.717, 1.165) is 16.7 Å². The van der Waals surface area contributed by atoms with Gasteiger partial charge < -0.3 is 4.74 Å². The Labute approximate surface area is 170 Å². The van der Waals surface area contributed by atoms with Gasteiger partial charge in [0, 0.05) is 29.7 Å². The minimum atomic E-state index is -3.57. The van der Waals surface area contributed by atoms with E-state index in [9.17, 15) is 8.42 Å². The fraction of sp³-hybridized carbons (Fsp3) is 0.286. The lowest BCUT2D eigenvalue weighted by Crippen LogP contribution is -2.41. The van der Waals surface area contributed by atoms with E-state index in [1.807, 2.05) is 30.3 Å². The molecule has 0 unspecified atom stereocenters. The van der Waals surface area contributed by atoms with Gasteiger partial charge in [0.15, 0.2) is 0 Å². The molecule has 0 atom stereocenters. The van der Waals surface area contributed by atoms with Crippen molar-refractivity contribution in [3.05, 3.63) is 65.3 Å². The molecule has 1 saturated heterocycles. The van der Waals surface area contributed by atoms with Gasteiger partial charge in [0.1, 0.15) is 17.4 Å². The van der Waals surface area contributed by atoms with E-state index >= 15 is 0 Å². The number of ether oxygens (including phenoxy) is 1. The first-order valence-electron chi connectivity index (χ1n) is 9.22. The molecule has 0 bridgehead atoms. The summed E-state index contributed by atoms with van der Waals surface area (Å²) in [4.78, 5) is 4.69. The molecule has 2 aromatic carbocycles. The van der Waals surface area contributed by atoms with E-state index < -0.39 is 10.0 Å². The van der Waals surface area contributed by atoms with Gasteiger partial charge in [0.25, 0.3) is 0 Å². The zero-order chi connectivity index (χ0) is 19.7. The van der Waals surface area contributed by atoms with Crippen LogP contribution < -0.4 is 4.74 Å². The molecule has 1 fully saturated rings. The van der Waals surface area contributed by atoms with Crippen LogP contribution in [0.2, 0.25) is 5.02 Å². The number of piperidine rings is 1. The Morgan fingerprint density at radius 2 is 1.79 bits per heavy atom. The zero-order valence-electron chi connectivity index (χ0n) is 15.5. The number of sulfonamides is 1. The van der Waals surface area contributed by atoms with Crippen molar-refractivity contribution < 1.29 is 13.2 Å². The molecule has 1 aliphatic rings. The Bertz CT molecular complexity index is 1100. The van der Waals surface area contributed by atoms with Crippen LogP contribution in [0, 0.1) is 6.92 Å². The van der Waals surface area contributed by atoms with E-state index in [4.69, 9.17) is 16.3 Å². The number of benzene rings is 2. The molecular weight excluding hydrogens is 396 g/mol. The molecule has 0 amide bonds. The fourth-order valence-electron chi connectivity index (χ4n) is 3.55. The van der Waals surface area contributed by atoms with Crippen LogP contribution in [-0.2, 0) is 10.0 Å². The number of fused-ring (bicyclic) bond motifs is 1. The second-order valence-electron chi connectivity index (χ2n) is 6.92. The Morgan fingerprint density at radius 1 is 1.07 bits per heavy atom. The van der Waals surface area contributed by atoms with E-state index in [0.29, 0.717) is 36.5 Å². The number of hydrogen-bond acceptors (Lipinski definition) is 4. The first-order valence-corrected chi connectivity index (χ1v) is 11.0. The van der Waals surface area contributed by atoms with Crippen LogP contribution in [0.3, 0.4) is 0 Å². The molecule has 0 aliphatic carbocycles. The van der Waals surface area contributed by atoms with Crippen LogP contribution in [0.15, 0.2) is 59.6 Å². The van der Waals surface area contributed by atoms with Gasteiger partial charge in [0.2, 0.25) is 10.0 Å². The number of aromatic nitrogens is 1. The largest absolute Gasteiger partial charge is 0.488 e. The van der Waals surface area contributed by atoms with Crippen LogP contribution >= 0.6 is 11.6 Å². The van der Waals surface area contributed by atoms with Crippen LogP contribution in [0.25, 0.3) is 10.9 Å². The van der Waals surface area contributed by atoms with Crippen molar-refractivity contribution in [2.45, 2.75) is 30.8 Å². The number of rotatable bonds is 4. The van der Waals surface area contributed by atoms with Crippen molar-refractivity contribution in [2.24, 2.45) is 0 Å². The molecule has 1 aliphatic heterocycles. The second-order valence-corrected chi connectivity index (χ2v) is 9.23. The van der Waals surface area contributed by atoms with Crippen molar-refractivity contribution in [1.82, 2.24) is 9.29 Å². The number of pyridine rings is 1. The number of hydrogen-bond donors (Lipinski definition) is 0. The molecule has 28 heavy (non-hydrogen) atoms. The topological polar surface area (TPSA) is 59.5 Å². The number of nitrogens with zero attached hydrogens (tertiary/aromatic N) is 2. The summed E-state index contributed by atoms with van der Waals surface area (Å²) < 4.78 is 33.7. The molecule has 1 aromatic heterocycles. The van der Waals surface area contributed by atoms with Crippen molar-refractivity contribution in [3.8, 4) is 5.75 Å². The average molecular weight is 417 g/mol. The van der Waals surface area contributed by atoms with Crippen molar-refractivity contribution in [2.75, 3.05) is 13.1 Å². The van der Waals surface area contributed by atoms with Crippen molar-refractivity contribution >= 4 is 32.5 Å². The highest BCUT2D eigenvalue weighted by Crippen LogP contribution is 2.30. The predicted molar refractivity (Wildman–Crippen MR) is 110 cm³/mol. The smallest absolute Gasteiger partial charge is 0.243 e. The summed E-state index contributed by atoms with van der Waals surface area (Å²) in [6.07, 6.45) is 2.96. The Balaban J connectivity index is 1.48. The third-order valence-electron chi connectivity index (χ3n) is 5.13. The Morgan fingerprint density at radius 3 is 2.57 bits per heavy atom. The van der Waals surface area contributed by atoms with Crippen LogP contribution in [0.5, 0.6) is 5.75 Å². The number of para-hydroxylation sites is 1. The summed E-state index contributed by atoms with van der Waals surface area (Å²) in [6.45, 7) is 2.56. The van der Waals surface area contributed by atoms with Gasteiger partial charge in [-0.2, -0.15) is 4.31 Å². The maximum atomic E-state index is 13.0. The van der Waals surface area contributed by atoms with Crippen molar-refractivity contribution in [3.63, 3.8) is 0 Å². The molecule has 2 heterocycles. The summed E-state index contributed by atoms with van der Waals surface area (Å²) in [7, 11) is -3.57. The third-order valence-corrected chi connectivity index (χ3v) is 7.58. The van der Waals surface area contributed by atoms with E-state index in [-0.39, 0.29) is 11.0 Å². The van der Waals surface area contributed by atoms with Gasteiger partial charge >= 0.3 is 0 Å². The highest BCUT2D eigenvalue weighted by atomic mass is 35.5. The predicted octanol–water partition coefficient (Wildman–Crippen LogP) is 4.43. The molecule has 7 heteroatoms. The van der Waals surface area contributed by atoms with E-state index in [1.165, 1.54) is 4.31 Å². The molecule has 146 valence electrons. The lowest BCUT2D eigenvalue weighted by Gasteiger charge is -2.32. The van der Waals surface area contributed by atoms with E-state index in [2.05, 4.69) is 4.98 Å². The lowest BCUT2D eigenvalue weighted by molar-refractivity contribution is 0.136.